The molecule has 2 aliphatic rings. The monoisotopic (exact) mass is 436 g/mol. The zero-order chi connectivity index (χ0) is 21.7. The minimum Gasteiger partial charge on any atom is -0.478 e. The molecule has 11 heteroatoms. The molecule has 0 aliphatic carbocycles. The molecule has 4 rings (SSSR count). The summed E-state index contributed by atoms with van der Waals surface area (Å²) in [6, 6.07) is 6.37. The van der Waals surface area contributed by atoms with Gasteiger partial charge in [-0.3, -0.25) is 4.48 Å². The Balaban J connectivity index is 1.62. The number of aromatic nitrogens is 2. The molecule has 1 aromatic heterocycles. The van der Waals surface area contributed by atoms with E-state index in [-0.39, 0.29) is 24.0 Å². The number of carboxylic acid groups (broad SMARTS) is 1. The van der Waals surface area contributed by atoms with Gasteiger partial charge in [-0.15, -0.1) is 0 Å². The molecule has 2 atom stereocenters. The molecule has 3 heterocycles. The van der Waals surface area contributed by atoms with Crippen LogP contribution < -0.4 is 9.71 Å². The molecule has 0 amide bonds. The van der Waals surface area contributed by atoms with E-state index >= 15 is 0 Å². The van der Waals surface area contributed by atoms with Gasteiger partial charge in [-0.05, 0) is 17.7 Å². The second-order valence-corrected chi connectivity index (χ2v) is 9.70. The Bertz CT molecular complexity index is 1130. The van der Waals surface area contributed by atoms with E-state index in [0.717, 1.165) is 11.4 Å². The third kappa shape index (κ3) is 3.48. The van der Waals surface area contributed by atoms with Crippen molar-refractivity contribution < 1.29 is 36.9 Å². The Kier molecular flexibility index (Phi) is 4.71. The van der Waals surface area contributed by atoms with E-state index in [9.17, 15) is 23.1 Å². The fourth-order valence-corrected chi connectivity index (χ4v) is 4.99. The molecule has 2 aliphatic heterocycles. The van der Waals surface area contributed by atoms with Crippen LogP contribution in [0.25, 0.3) is 0 Å². The van der Waals surface area contributed by atoms with Crippen molar-refractivity contribution in [1.82, 2.24) is 4.57 Å². The number of imidazole rings is 1. The molecule has 0 spiro atoms. The van der Waals surface area contributed by atoms with Crippen LogP contribution in [0.5, 0.6) is 0 Å². The van der Waals surface area contributed by atoms with Gasteiger partial charge in [0, 0.05) is 13.3 Å². The number of benzene rings is 1. The highest BCUT2D eigenvalue weighted by atomic mass is 32.2. The second-order valence-electron chi connectivity index (χ2n) is 8.14. The number of nitrogens with two attached hydrogens (primary N) is 1. The van der Waals surface area contributed by atoms with Crippen molar-refractivity contribution in [2.75, 3.05) is 13.1 Å². The Morgan fingerprint density at radius 1 is 1.33 bits per heavy atom. The van der Waals surface area contributed by atoms with Crippen molar-refractivity contribution >= 4 is 22.0 Å². The summed E-state index contributed by atoms with van der Waals surface area (Å²) in [5, 5.41) is 14.3. The van der Waals surface area contributed by atoms with E-state index in [1.165, 1.54) is 12.1 Å². The molecule has 0 saturated carbocycles. The van der Waals surface area contributed by atoms with E-state index in [1.807, 2.05) is 17.7 Å². The first kappa shape index (κ1) is 20.5. The highest BCUT2D eigenvalue weighted by Gasteiger charge is 2.63. The number of rotatable bonds is 6. The van der Waals surface area contributed by atoms with Crippen molar-refractivity contribution in [1.29, 1.82) is 0 Å². The maximum absolute atomic E-state index is 12.3. The number of carboxylic acids is 1. The van der Waals surface area contributed by atoms with E-state index < -0.39 is 21.7 Å². The molecule has 30 heavy (non-hydrogen) atoms. The van der Waals surface area contributed by atoms with Crippen LogP contribution in [0.4, 0.5) is 0 Å². The number of hydrogen-bond acceptors (Lipinski definition) is 5. The summed E-state index contributed by atoms with van der Waals surface area (Å²) in [5.74, 6) is -0.382. The number of quaternary nitrogens is 1. The van der Waals surface area contributed by atoms with Gasteiger partial charge in [-0.25, -0.2) is 32.3 Å². The van der Waals surface area contributed by atoms with Crippen LogP contribution in [0.2, 0.25) is 0 Å². The lowest BCUT2D eigenvalue weighted by atomic mass is 10.0. The topological polar surface area (TPSA) is 133 Å². The van der Waals surface area contributed by atoms with Crippen LogP contribution in [0, 0.1) is 0 Å². The van der Waals surface area contributed by atoms with Gasteiger partial charge in [-0.1, -0.05) is 12.1 Å². The summed E-state index contributed by atoms with van der Waals surface area (Å²) in [6.45, 7) is 3.43. The summed E-state index contributed by atoms with van der Waals surface area (Å²) >= 11 is 0. The number of carbonyl (C=O) groups excluding carboxylic acids is 1. The van der Waals surface area contributed by atoms with E-state index in [0.29, 0.717) is 30.5 Å². The van der Waals surface area contributed by atoms with Crippen molar-refractivity contribution in [3.63, 3.8) is 0 Å². The number of sulfonamides is 1. The number of primary sulfonamides is 1. The van der Waals surface area contributed by atoms with Crippen LogP contribution in [0.1, 0.15) is 18.3 Å². The number of aliphatic carboxylic acids is 1. The molecule has 2 unspecified atom stereocenters. The van der Waals surface area contributed by atoms with E-state index in [2.05, 4.69) is 0 Å². The Morgan fingerprint density at radius 2 is 2.03 bits per heavy atom. The van der Waals surface area contributed by atoms with Gasteiger partial charge < -0.3 is 9.84 Å². The quantitative estimate of drug-likeness (QED) is 0.351. The van der Waals surface area contributed by atoms with Crippen molar-refractivity contribution in [2.45, 2.75) is 43.6 Å². The average molecular weight is 436 g/mol. The Morgan fingerprint density at radius 3 is 2.67 bits per heavy atom. The van der Waals surface area contributed by atoms with Crippen molar-refractivity contribution in [3.8, 4) is 0 Å². The first-order valence-electron chi connectivity index (χ1n) is 9.50. The lowest BCUT2D eigenvalue weighted by Crippen LogP contribution is -2.70. The maximum atomic E-state index is 12.3. The SMILES string of the molecule is CC12C[n+]3ccn(CC(=O)O)c3C[N+]1(CCc1ccc(S(N)(=O)=O)cc1)CC(=O)O2. The summed E-state index contributed by atoms with van der Waals surface area (Å²) in [7, 11) is -3.75. The minimum absolute atomic E-state index is 0.0494. The molecule has 2 aromatic rings. The molecule has 1 fully saturated rings. The van der Waals surface area contributed by atoms with Gasteiger partial charge in [0.05, 0.1) is 11.4 Å². The molecule has 3 N–H and O–H groups in total. The third-order valence-corrected chi connectivity index (χ3v) is 7.08. The molecule has 0 radical (unpaired) electrons. The predicted octanol–water partition coefficient (Wildman–Crippen LogP) is -0.646. The van der Waals surface area contributed by atoms with Crippen LogP contribution in [0.3, 0.4) is 0 Å². The summed E-state index contributed by atoms with van der Waals surface area (Å²) in [5.41, 5.74) is 0.154. The lowest BCUT2D eigenvalue weighted by Gasteiger charge is -2.44. The Hall–Kier alpha value is -2.76. The summed E-state index contributed by atoms with van der Waals surface area (Å²) in [6.07, 6.45) is 4.14. The van der Waals surface area contributed by atoms with Gasteiger partial charge >= 0.3 is 17.8 Å². The summed E-state index contributed by atoms with van der Waals surface area (Å²) in [4.78, 5) is 23.6. The van der Waals surface area contributed by atoms with E-state index in [4.69, 9.17) is 9.88 Å². The number of esters is 1. The van der Waals surface area contributed by atoms with Crippen LogP contribution in [0.15, 0.2) is 41.6 Å². The number of carbonyl (C=O) groups is 2. The van der Waals surface area contributed by atoms with E-state index in [1.54, 1.807) is 22.9 Å². The number of fused-ring (bicyclic) bond motifs is 2. The standard InChI is InChI=1S/C19H22N4O6S/c1-19-13-22-8-7-21(10-17(24)25)16(22)11-23(19,12-18(26)29-19)9-6-14-2-4-15(5-3-14)30(20,27)28/h2-5,7-8H,6,9-13H2,1H3,(H-2,20,24,25,27,28)/p+2. The number of hydrogen-bond donors (Lipinski definition) is 2. The molecular weight excluding hydrogens is 412 g/mol. The van der Waals surface area contributed by atoms with Crippen molar-refractivity contribution in [2.24, 2.45) is 5.14 Å². The smallest absolute Gasteiger partial charge is 0.366 e. The largest absolute Gasteiger partial charge is 0.478 e. The van der Waals surface area contributed by atoms with Gasteiger partial charge in [0.2, 0.25) is 10.0 Å². The molecule has 1 aromatic carbocycles. The fraction of sp³-hybridized carbons (Fsp3) is 0.421. The zero-order valence-electron chi connectivity index (χ0n) is 16.5. The number of ether oxygens (including phenoxy) is 1. The first-order valence-corrected chi connectivity index (χ1v) is 11.1. The predicted molar refractivity (Wildman–Crippen MR) is 102 cm³/mol. The maximum Gasteiger partial charge on any atom is 0.366 e. The zero-order valence-corrected chi connectivity index (χ0v) is 17.3. The molecule has 10 nitrogen and oxygen atoms in total. The lowest BCUT2D eigenvalue weighted by molar-refractivity contribution is -1.03. The summed E-state index contributed by atoms with van der Waals surface area (Å²) < 4.78 is 32.6. The van der Waals surface area contributed by atoms with Crippen LogP contribution in [-0.2, 0) is 50.4 Å². The molecule has 0 bridgehead atoms. The molecule has 1 saturated heterocycles. The van der Waals surface area contributed by atoms with Crippen molar-refractivity contribution in [3.05, 3.63) is 48.0 Å². The van der Waals surface area contributed by atoms with Gasteiger partial charge in [-0.2, -0.15) is 0 Å². The Labute approximate surface area is 173 Å². The van der Waals surface area contributed by atoms with Gasteiger partial charge in [0.15, 0.2) is 26.2 Å². The van der Waals surface area contributed by atoms with Crippen LogP contribution in [-0.4, -0.2) is 53.3 Å². The third-order valence-electron chi connectivity index (χ3n) is 6.15. The average Bonchev–Trinajstić information content (AvgIpc) is 3.12. The minimum atomic E-state index is -3.75. The first-order chi connectivity index (χ1) is 14.0. The highest BCUT2D eigenvalue weighted by molar-refractivity contribution is 7.89. The number of nitrogens with zero attached hydrogens (tertiary/aromatic N) is 3. The van der Waals surface area contributed by atoms with Gasteiger partial charge in [0.1, 0.15) is 12.4 Å². The highest BCUT2D eigenvalue weighted by Crippen LogP contribution is 2.38. The van der Waals surface area contributed by atoms with Gasteiger partial charge in [0.25, 0.3) is 5.72 Å². The molecule has 160 valence electrons. The second kappa shape index (κ2) is 6.89. The van der Waals surface area contributed by atoms with Crippen LogP contribution >= 0.6 is 0 Å². The molecular formula is C19H24N4O6S+2. The normalized spacial score (nSPS) is 25.5. The fourth-order valence-electron chi connectivity index (χ4n) is 4.48.